The number of aldehydes is 1. The number of phenolic OH excluding ortho intramolecular Hbond substituents is 1. The lowest BCUT2D eigenvalue weighted by Gasteiger charge is -2.04. The van der Waals surface area contributed by atoms with E-state index in [-0.39, 0.29) is 5.75 Å². The number of nitrogens with zero attached hydrogens (tertiary/aromatic N) is 1. The van der Waals surface area contributed by atoms with E-state index in [0.29, 0.717) is 17.4 Å². The van der Waals surface area contributed by atoms with Gasteiger partial charge in [0.2, 0.25) is 0 Å². The molecule has 0 atom stereocenters. The Hall–Kier alpha value is -2.42. The Bertz CT molecular complexity index is 628. The number of carbonyl (C=O) groups excluding carboxylic acids is 1. The van der Waals surface area contributed by atoms with Crippen LogP contribution in [0.15, 0.2) is 30.5 Å². The first-order valence-corrected chi connectivity index (χ1v) is 5.99. The smallest absolute Gasteiger partial charge is 0.153 e. The van der Waals surface area contributed by atoms with Gasteiger partial charge in [0.1, 0.15) is 5.75 Å². The summed E-state index contributed by atoms with van der Waals surface area (Å²) in [6.07, 6.45) is 6.27. The van der Waals surface area contributed by atoms with Crippen LogP contribution < -0.4 is 0 Å². The van der Waals surface area contributed by atoms with E-state index in [0.717, 1.165) is 16.8 Å². The number of phenols is 1. The molecule has 1 N–H and O–H groups in total. The molecule has 0 aliphatic carbocycles. The van der Waals surface area contributed by atoms with Gasteiger partial charge in [-0.25, -0.2) is 0 Å². The summed E-state index contributed by atoms with van der Waals surface area (Å²) < 4.78 is 0. The van der Waals surface area contributed by atoms with Crippen LogP contribution in [-0.4, -0.2) is 16.4 Å². The molecule has 3 nitrogen and oxygen atoms in total. The van der Waals surface area contributed by atoms with Crippen molar-refractivity contribution in [2.24, 2.45) is 0 Å². The van der Waals surface area contributed by atoms with Gasteiger partial charge < -0.3 is 5.11 Å². The second kappa shape index (κ2) is 5.48. The second-order valence-corrected chi connectivity index (χ2v) is 4.46. The fourth-order valence-corrected chi connectivity index (χ4v) is 1.79. The van der Waals surface area contributed by atoms with E-state index in [4.69, 9.17) is 0 Å². The SMILES string of the molecule is Cc1ccc(/C=C/c2cc(C)c(O)c(C=O)c2)cn1. The van der Waals surface area contributed by atoms with Crippen molar-refractivity contribution in [2.75, 3.05) is 0 Å². The average molecular weight is 253 g/mol. The molecule has 0 aliphatic heterocycles. The van der Waals surface area contributed by atoms with Crippen molar-refractivity contribution in [3.8, 4) is 5.75 Å². The summed E-state index contributed by atoms with van der Waals surface area (Å²) in [7, 11) is 0. The molecule has 19 heavy (non-hydrogen) atoms. The Morgan fingerprint density at radius 3 is 2.47 bits per heavy atom. The number of carbonyl (C=O) groups is 1. The predicted molar refractivity (Wildman–Crippen MR) is 76.1 cm³/mol. The number of aryl methyl sites for hydroxylation is 2. The lowest BCUT2D eigenvalue weighted by molar-refractivity contribution is 0.112. The van der Waals surface area contributed by atoms with Crippen LogP contribution in [0.25, 0.3) is 12.2 Å². The van der Waals surface area contributed by atoms with Crippen molar-refractivity contribution < 1.29 is 9.90 Å². The Labute approximate surface area is 112 Å². The zero-order chi connectivity index (χ0) is 13.8. The summed E-state index contributed by atoms with van der Waals surface area (Å²) in [5, 5.41) is 9.67. The quantitative estimate of drug-likeness (QED) is 0.853. The number of aromatic nitrogens is 1. The van der Waals surface area contributed by atoms with Crippen LogP contribution in [0.2, 0.25) is 0 Å². The number of hydrogen-bond donors (Lipinski definition) is 1. The van der Waals surface area contributed by atoms with Gasteiger partial charge in [0, 0.05) is 11.9 Å². The summed E-state index contributed by atoms with van der Waals surface area (Å²) in [5.41, 5.74) is 3.83. The van der Waals surface area contributed by atoms with Gasteiger partial charge in [0.05, 0.1) is 5.56 Å². The zero-order valence-corrected chi connectivity index (χ0v) is 10.9. The number of rotatable bonds is 3. The molecule has 1 aromatic carbocycles. The second-order valence-electron chi connectivity index (χ2n) is 4.46. The number of pyridine rings is 1. The highest BCUT2D eigenvalue weighted by atomic mass is 16.3. The van der Waals surface area contributed by atoms with E-state index in [2.05, 4.69) is 4.98 Å². The molecule has 1 aromatic heterocycles. The third kappa shape index (κ3) is 3.07. The summed E-state index contributed by atoms with van der Waals surface area (Å²) >= 11 is 0. The van der Waals surface area contributed by atoms with E-state index >= 15 is 0 Å². The Morgan fingerprint density at radius 1 is 1.11 bits per heavy atom. The summed E-state index contributed by atoms with van der Waals surface area (Å²) in [6, 6.07) is 7.42. The van der Waals surface area contributed by atoms with Crippen LogP contribution in [0.5, 0.6) is 5.75 Å². The van der Waals surface area contributed by atoms with Crippen LogP contribution in [0, 0.1) is 13.8 Å². The van der Waals surface area contributed by atoms with Crippen LogP contribution in [0.4, 0.5) is 0 Å². The highest BCUT2D eigenvalue weighted by Crippen LogP contribution is 2.23. The molecule has 0 saturated heterocycles. The van der Waals surface area contributed by atoms with Crippen molar-refractivity contribution in [2.45, 2.75) is 13.8 Å². The molecule has 3 heteroatoms. The fourth-order valence-electron chi connectivity index (χ4n) is 1.79. The normalized spacial score (nSPS) is 10.8. The zero-order valence-electron chi connectivity index (χ0n) is 10.9. The molecule has 0 aliphatic rings. The minimum Gasteiger partial charge on any atom is -0.507 e. The standard InChI is InChI=1S/C16H15NO2/c1-11-7-14(8-15(10-18)16(11)19)6-5-13-4-3-12(2)17-9-13/h3-10,19H,1-2H3/b6-5+. The first-order valence-electron chi connectivity index (χ1n) is 5.99. The van der Waals surface area contributed by atoms with E-state index in [1.807, 2.05) is 37.3 Å². The minimum atomic E-state index is 0.0455. The van der Waals surface area contributed by atoms with E-state index in [1.165, 1.54) is 0 Å². The van der Waals surface area contributed by atoms with Gasteiger partial charge in [-0.15, -0.1) is 0 Å². The molecule has 96 valence electrons. The molecule has 0 saturated carbocycles. The van der Waals surface area contributed by atoms with Gasteiger partial charge in [0.15, 0.2) is 6.29 Å². The first-order chi connectivity index (χ1) is 9.10. The Balaban J connectivity index is 2.30. The number of hydrogen-bond acceptors (Lipinski definition) is 3. The Kier molecular flexibility index (Phi) is 3.76. The molecular weight excluding hydrogens is 238 g/mol. The van der Waals surface area contributed by atoms with E-state index < -0.39 is 0 Å². The van der Waals surface area contributed by atoms with Crippen LogP contribution in [0.1, 0.15) is 32.7 Å². The lowest BCUT2D eigenvalue weighted by Crippen LogP contribution is -1.87. The molecule has 2 aromatic rings. The molecule has 0 fully saturated rings. The van der Waals surface area contributed by atoms with Crippen molar-refractivity contribution in [1.29, 1.82) is 0 Å². The largest absolute Gasteiger partial charge is 0.507 e. The third-order valence-electron chi connectivity index (χ3n) is 2.88. The maximum atomic E-state index is 10.8. The molecule has 0 spiro atoms. The maximum absolute atomic E-state index is 10.8. The van der Waals surface area contributed by atoms with Crippen molar-refractivity contribution in [3.05, 3.63) is 58.4 Å². The minimum absolute atomic E-state index is 0.0455. The molecule has 2 rings (SSSR count). The van der Waals surface area contributed by atoms with Gasteiger partial charge >= 0.3 is 0 Å². The predicted octanol–water partition coefficient (Wildman–Crippen LogP) is 3.39. The molecule has 1 heterocycles. The highest BCUT2D eigenvalue weighted by Gasteiger charge is 2.04. The van der Waals surface area contributed by atoms with E-state index in [9.17, 15) is 9.90 Å². The molecule has 0 radical (unpaired) electrons. The fraction of sp³-hybridized carbons (Fsp3) is 0.125. The van der Waals surface area contributed by atoms with Gasteiger partial charge in [0.25, 0.3) is 0 Å². The van der Waals surface area contributed by atoms with Crippen molar-refractivity contribution in [1.82, 2.24) is 4.98 Å². The summed E-state index contributed by atoms with van der Waals surface area (Å²) in [5.74, 6) is 0.0455. The molecular formula is C16H15NO2. The lowest BCUT2D eigenvalue weighted by atomic mass is 10.0. The van der Waals surface area contributed by atoms with Crippen LogP contribution in [0.3, 0.4) is 0 Å². The van der Waals surface area contributed by atoms with Crippen LogP contribution in [-0.2, 0) is 0 Å². The topological polar surface area (TPSA) is 50.2 Å². The molecule has 0 unspecified atom stereocenters. The van der Waals surface area contributed by atoms with Crippen LogP contribution >= 0.6 is 0 Å². The Morgan fingerprint density at radius 2 is 1.84 bits per heavy atom. The summed E-state index contributed by atoms with van der Waals surface area (Å²) in [4.78, 5) is 15.1. The first kappa shape index (κ1) is 13.0. The van der Waals surface area contributed by atoms with Gasteiger partial charge in [-0.1, -0.05) is 18.2 Å². The monoisotopic (exact) mass is 253 g/mol. The summed E-state index contributed by atoms with van der Waals surface area (Å²) in [6.45, 7) is 3.71. The van der Waals surface area contributed by atoms with Crippen molar-refractivity contribution >= 4 is 18.4 Å². The van der Waals surface area contributed by atoms with Gasteiger partial charge in [-0.05, 0) is 48.7 Å². The van der Waals surface area contributed by atoms with Gasteiger partial charge in [-0.3, -0.25) is 9.78 Å². The van der Waals surface area contributed by atoms with Crippen molar-refractivity contribution in [3.63, 3.8) is 0 Å². The average Bonchev–Trinajstić information content (AvgIpc) is 2.41. The highest BCUT2D eigenvalue weighted by molar-refractivity contribution is 5.83. The van der Waals surface area contributed by atoms with Gasteiger partial charge in [-0.2, -0.15) is 0 Å². The molecule has 0 bridgehead atoms. The van der Waals surface area contributed by atoms with E-state index in [1.54, 1.807) is 19.2 Å². The maximum Gasteiger partial charge on any atom is 0.153 e. The third-order valence-corrected chi connectivity index (χ3v) is 2.88. The number of benzene rings is 1. The molecule has 0 amide bonds. The number of aromatic hydroxyl groups is 1.